The van der Waals surface area contributed by atoms with Gasteiger partial charge < -0.3 is 19.3 Å². The molecule has 0 saturated heterocycles. The van der Waals surface area contributed by atoms with Crippen LogP contribution in [0.25, 0.3) is 0 Å². The maximum Gasteiger partial charge on any atom is 0.116 e. The van der Waals surface area contributed by atoms with Crippen molar-refractivity contribution < 1.29 is 19.3 Å². The number of hydrogen-bond acceptors (Lipinski definition) is 4. The molecule has 180 valence electrons. The zero-order valence-corrected chi connectivity index (χ0v) is 20.0. The molecule has 0 radical (unpaired) electrons. The Hall–Kier alpha value is -2.76. The zero-order valence-electron chi connectivity index (χ0n) is 20.0. The van der Waals surface area contributed by atoms with Gasteiger partial charge in [0, 0.05) is 0 Å². The van der Waals surface area contributed by atoms with Crippen LogP contribution in [0.2, 0.25) is 0 Å². The highest BCUT2D eigenvalue weighted by atomic mass is 16.6. The Morgan fingerprint density at radius 1 is 0.706 bits per heavy atom. The first-order valence-electron chi connectivity index (χ1n) is 12.0. The molecule has 0 bridgehead atoms. The van der Waals surface area contributed by atoms with Crippen molar-refractivity contribution >= 4 is 0 Å². The van der Waals surface area contributed by atoms with Gasteiger partial charge >= 0.3 is 0 Å². The van der Waals surface area contributed by atoms with Crippen molar-refractivity contribution in [3.63, 3.8) is 0 Å². The Bertz CT molecular complexity index is 928. The van der Waals surface area contributed by atoms with E-state index in [4.69, 9.17) is 14.2 Å². The normalized spacial score (nSPS) is 14.2. The molecule has 0 aromatic heterocycles. The van der Waals surface area contributed by atoms with Crippen molar-refractivity contribution in [3.8, 4) is 0 Å². The topological polar surface area (TPSA) is 47.9 Å². The van der Waals surface area contributed by atoms with Crippen molar-refractivity contribution in [1.82, 2.24) is 0 Å². The summed E-state index contributed by atoms with van der Waals surface area (Å²) in [5.74, 6) is 0. The minimum atomic E-state index is -0.848. The number of rotatable bonds is 15. The van der Waals surface area contributed by atoms with Crippen molar-refractivity contribution in [2.75, 3.05) is 6.61 Å². The van der Waals surface area contributed by atoms with E-state index in [9.17, 15) is 5.11 Å². The summed E-state index contributed by atoms with van der Waals surface area (Å²) in [6, 6.07) is 30.0. The largest absolute Gasteiger partial charge is 0.388 e. The van der Waals surface area contributed by atoms with Crippen LogP contribution in [0.3, 0.4) is 0 Å². The maximum absolute atomic E-state index is 11.1. The fraction of sp³-hybridized carbons (Fsp3) is 0.333. The molecule has 0 aliphatic heterocycles. The number of ether oxygens (including phenoxy) is 3. The van der Waals surface area contributed by atoms with E-state index in [-0.39, 0.29) is 6.61 Å². The molecule has 1 N–H and O–H groups in total. The van der Waals surface area contributed by atoms with Gasteiger partial charge in [-0.3, -0.25) is 0 Å². The summed E-state index contributed by atoms with van der Waals surface area (Å²) >= 11 is 0. The summed E-state index contributed by atoms with van der Waals surface area (Å²) < 4.78 is 18.4. The lowest BCUT2D eigenvalue weighted by Crippen LogP contribution is -2.42. The molecule has 0 unspecified atom stereocenters. The summed E-state index contributed by atoms with van der Waals surface area (Å²) in [6.45, 7) is 3.55. The van der Waals surface area contributed by atoms with Crippen LogP contribution in [0, 0.1) is 0 Å². The minimum Gasteiger partial charge on any atom is -0.388 e. The minimum absolute atomic E-state index is 0.154. The maximum atomic E-state index is 11.1. The standard InChI is InChI=1S/C30H36O4/c1-2-3-7-20-29(33-22-26-16-10-5-11-17-26)30(34-23-27-18-12-6-13-19-27)28(31)24-32-21-25-14-8-4-9-15-25/h4-20,28-31H,2-3,21-24H2,1H3/t28-,29-,30+/m1/s1. The van der Waals surface area contributed by atoms with Gasteiger partial charge in [0.15, 0.2) is 0 Å². The van der Waals surface area contributed by atoms with E-state index in [0.29, 0.717) is 19.8 Å². The van der Waals surface area contributed by atoms with Gasteiger partial charge in [-0.2, -0.15) is 0 Å². The molecule has 4 heteroatoms. The lowest BCUT2D eigenvalue weighted by Gasteiger charge is -2.29. The van der Waals surface area contributed by atoms with Crippen molar-refractivity contribution in [3.05, 3.63) is 120 Å². The highest BCUT2D eigenvalue weighted by Crippen LogP contribution is 2.18. The van der Waals surface area contributed by atoms with Gasteiger partial charge in [0.2, 0.25) is 0 Å². The quantitative estimate of drug-likeness (QED) is 0.279. The van der Waals surface area contributed by atoms with E-state index < -0.39 is 18.3 Å². The number of aliphatic hydroxyl groups excluding tert-OH is 1. The second-order valence-corrected chi connectivity index (χ2v) is 8.31. The summed E-state index contributed by atoms with van der Waals surface area (Å²) in [7, 11) is 0. The molecule has 0 amide bonds. The predicted octanol–water partition coefficient (Wildman–Crippen LogP) is 6.09. The summed E-state index contributed by atoms with van der Waals surface area (Å²) in [5, 5.41) is 11.1. The number of allylic oxidation sites excluding steroid dienone is 1. The van der Waals surface area contributed by atoms with Gasteiger partial charge in [-0.1, -0.05) is 116 Å². The Kier molecular flexibility index (Phi) is 11.6. The number of benzene rings is 3. The van der Waals surface area contributed by atoms with Crippen LogP contribution < -0.4 is 0 Å². The van der Waals surface area contributed by atoms with E-state index in [0.717, 1.165) is 29.5 Å². The van der Waals surface area contributed by atoms with Crippen LogP contribution >= 0.6 is 0 Å². The van der Waals surface area contributed by atoms with Crippen LogP contribution in [0.15, 0.2) is 103 Å². The third kappa shape index (κ3) is 9.24. The van der Waals surface area contributed by atoms with E-state index in [1.807, 2.05) is 97.1 Å². The average molecular weight is 461 g/mol. The van der Waals surface area contributed by atoms with Crippen LogP contribution in [-0.4, -0.2) is 30.0 Å². The number of aliphatic hydroxyl groups is 1. The lowest BCUT2D eigenvalue weighted by molar-refractivity contribution is -0.133. The van der Waals surface area contributed by atoms with Crippen molar-refractivity contribution in [1.29, 1.82) is 0 Å². The molecule has 3 aromatic carbocycles. The molecule has 0 aliphatic rings. The molecule has 0 heterocycles. The zero-order chi connectivity index (χ0) is 23.8. The number of unbranched alkanes of at least 4 members (excludes halogenated alkanes) is 1. The Morgan fingerprint density at radius 3 is 1.74 bits per heavy atom. The highest BCUT2D eigenvalue weighted by molar-refractivity contribution is 5.15. The lowest BCUT2D eigenvalue weighted by atomic mass is 10.1. The van der Waals surface area contributed by atoms with Crippen molar-refractivity contribution in [2.24, 2.45) is 0 Å². The second-order valence-electron chi connectivity index (χ2n) is 8.31. The van der Waals surface area contributed by atoms with Gasteiger partial charge in [0.05, 0.1) is 26.4 Å². The molecule has 4 nitrogen and oxygen atoms in total. The fourth-order valence-corrected chi connectivity index (χ4v) is 3.58. The molecule has 3 atom stereocenters. The van der Waals surface area contributed by atoms with Gasteiger partial charge in [-0.05, 0) is 23.1 Å². The van der Waals surface area contributed by atoms with Gasteiger partial charge in [0.1, 0.15) is 18.3 Å². The fourth-order valence-electron chi connectivity index (χ4n) is 3.58. The first kappa shape index (κ1) is 25.9. The molecule has 3 aromatic rings. The Balaban J connectivity index is 1.70. The van der Waals surface area contributed by atoms with Gasteiger partial charge in [0.25, 0.3) is 0 Å². The second kappa shape index (κ2) is 15.2. The first-order chi connectivity index (χ1) is 16.8. The predicted molar refractivity (Wildman–Crippen MR) is 136 cm³/mol. The summed E-state index contributed by atoms with van der Waals surface area (Å²) in [5.41, 5.74) is 3.19. The molecule has 3 rings (SSSR count). The monoisotopic (exact) mass is 460 g/mol. The number of hydrogen-bond donors (Lipinski definition) is 1. The smallest absolute Gasteiger partial charge is 0.116 e. The summed E-state index contributed by atoms with van der Waals surface area (Å²) in [4.78, 5) is 0. The van der Waals surface area contributed by atoms with Gasteiger partial charge in [-0.15, -0.1) is 0 Å². The van der Waals surface area contributed by atoms with E-state index in [2.05, 4.69) is 13.0 Å². The van der Waals surface area contributed by atoms with Crippen LogP contribution in [0.1, 0.15) is 36.5 Å². The first-order valence-corrected chi connectivity index (χ1v) is 12.0. The van der Waals surface area contributed by atoms with E-state index in [1.54, 1.807) is 0 Å². The molecule has 0 aliphatic carbocycles. The SMILES string of the molecule is CCCC=C[C@@H](OCc1ccccc1)[C@@H](OCc1ccccc1)[C@H](O)COCc1ccccc1. The molecular formula is C30H36O4. The molecular weight excluding hydrogens is 424 g/mol. The summed E-state index contributed by atoms with van der Waals surface area (Å²) in [6.07, 6.45) is 4.27. The molecule has 34 heavy (non-hydrogen) atoms. The third-order valence-corrected chi connectivity index (χ3v) is 5.45. The third-order valence-electron chi connectivity index (χ3n) is 5.45. The van der Waals surface area contributed by atoms with Crippen molar-refractivity contribution in [2.45, 2.75) is 57.9 Å². The van der Waals surface area contributed by atoms with E-state index in [1.165, 1.54) is 0 Å². The van der Waals surface area contributed by atoms with Crippen LogP contribution in [-0.2, 0) is 34.0 Å². The van der Waals surface area contributed by atoms with Crippen LogP contribution in [0.4, 0.5) is 0 Å². The van der Waals surface area contributed by atoms with Crippen LogP contribution in [0.5, 0.6) is 0 Å². The average Bonchev–Trinajstić information content (AvgIpc) is 2.89. The molecule has 0 fully saturated rings. The molecule has 0 spiro atoms. The van der Waals surface area contributed by atoms with Gasteiger partial charge in [-0.25, -0.2) is 0 Å². The Morgan fingerprint density at radius 2 is 1.21 bits per heavy atom. The molecule has 0 saturated carbocycles. The highest BCUT2D eigenvalue weighted by Gasteiger charge is 2.29. The Labute approximate surface area is 203 Å². The van der Waals surface area contributed by atoms with E-state index >= 15 is 0 Å².